The molecule has 3 aromatic heterocycles. The van der Waals surface area contributed by atoms with Crippen molar-refractivity contribution in [2.24, 2.45) is 0 Å². The van der Waals surface area contributed by atoms with Gasteiger partial charge in [0, 0.05) is 43.7 Å². The Morgan fingerprint density at radius 2 is 2.00 bits per heavy atom. The quantitative estimate of drug-likeness (QED) is 0.540. The molecule has 0 unspecified atom stereocenters. The Kier molecular flexibility index (Phi) is 4.35. The molecule has 1 fully saturated rings. The van der Waals surface area contributed by atoms with Crippen molar-refractivity contribution in [3.63, 3.8) is 0 Å². The summed E-state index contributed by atoms with van der Waals surface area (Å²) in [6, 6.07) is 13.9. The summed E-state index contributed by atoms with van der Waals surface area (Å²) < 4.78 is 7.55. The highest BCUT2D eigenvalue weighted by atomic mass is 16.3. The summed E-state index contributed by atoms with van der Waals surface area (Å²) in [7, 11) is 0. The maximum Gasteiger partial charge on any atom is 0.255 e. The predicted octanol–water partition coefficient (Wildman–Crippen LogP) is 3.65. The number of H-pyrrole nitrogens is 1. The fraction of sp³-hybridized carbons (Fsp3) is 0.292. The van der Waals surface area contributed by atoms with Crippen molar-refractivity contribution in [2.75, 3.05) is 6.54 Å². The molecule has 6 rings (SSSR count). The lowest BCUT2D eigenvalue weighted by atomic mass is 10.1. The maximum atomic E-state index is 12.7. The summed E-state index contributed by atoms with van der Waals surface area (Å²) in [6.07, 6.45) is 6.79. The van der Waals surface area contributed by atoms with Gasteiger partial charge in [-0.3, -0.25) is 9.69 Å². The largest absolute Gasteiger partial charge is 0.463 e. The molecule has 7 heteroatoms. The lowest BCUT2D eigenvalue weighted by molar-refractivity contribution is 0.241. The zero-order valence-corrected chi connectivity index (χ0v) is 17.1. The van der Waals surface area contributed by atoms with Crippen LogP contribution in [-0.2, 0) is 19.5 Å². The number of furan rings is 1. The van der Waals surface area contributed by atoms with Crippen LogP contribution in [-0.4, -0.2) is 31.2 Å². The summed E-state index contributed by atoms with van der Waals surface area (Å²) >= 11 is 0. The zero-order chi connectivity index (χ0) is 20.8. The molecule has 0 radical (unpaired) electrons. The van der Waals surface area contributed by atoms with E-state index in [-0.39, 0.29) is 5.56 Å². The van der Waals surface area contributed by atoms with Crippen LogP contribution in [0.25, 0.3) is 17.1 Å². The summed E-state index contributed by atoms with van der Waals surface area (Å²) in [4.78, 5) is 22.8. The molecule has 0 saturated heterocycles. The number of para-hydroxylation sites is 1. The molecule has 1 aliphatic heterocycles. The van der Waals surface area contributed by atoms with Crippen molar-refractivity contribution >= 4 is 0 Å². The van der Waals surface area contributed by atoms with Crippen LogP contribution < -0.4 is 5.56 Å². The Morgan fingerprint density at radius 1 is 1.13 bits per heavy atom. The van der Waals surface area contributed by atoms with Gasteiger partial charge in [-0.05, 0) is 37.1 Å². The van der Waals surface area contributed by atoms with Gasteiger partial charge in [-0.2, -0.15) is 5.10 Å². The van der Waals surface area contributed by atoms with E-state index in [2.05, 4.69) is 16.1 Å². The molecular formula is C24H23N5O2. The van der Waals surface area contributed by atoms with Crippen LogP contribution in [0.1, 0.15) is 41.4 Å². The van der Waals surface area contributed by atoms with E-state index >= 15 is 0 Å². The number of benzene rings is 1. The molecule has 4 heterocycles. The normalized spacial score (nSPS) is 16.4. The third-order valence-electron chi connectivity index (χ3n) is 6.09. The lowest BCUT2D eigenvalue weighted by Crippen LogP contribution is -2.35. The Bertz CT molecular complexity index is 1270. The second-order valence-electron chi connectivity index (χ2n) is 8.37. The van der Waals surface area contributed by atoms with Gasteiger partial charge in [-0.1, -0.05) is 18.2 Å². The van der Waals surface area contributed by atoms with Crippen LogP contribution in [0.5, 0.6) is 0 Å². The Labute approximate surface area is 179 Å². The highest BCUT2D eigenvalue weighted by molar-refractivity contribution is 5.57. The molecule has 7 nitrogen and oxygen atoms in total. The van der Waals surface area contributed by atoms with Gasteiger partial charge >= 0.3 is 0 Å². The molecule has 31 heavy (non-hydrogen) atoms. The Hall–Kier alpha value is -3.45. The lowest BCUT2D eigenvalue weighted by Gasteiger charge is -2.27. The maximum absolute atomic E-state index is 12.7. The van der Waals surface area contributed by atoms with Crippen molar-refractivity contribution in [1.29, 1.82) is 0 Å². The van der Waals surface area contributed by atoms with Crippen molar-refractivity contribution in [3.05, 3.63) is 87.9 Å². The molecule has 1 aromatic carbocycles. The van der Waals surface area contributed by atoms with E-state index in [1.54, 1.807) is 6.26 Å². The average molecular weight is 413 g/mol. The van der Waals surface area contributed by atoms with Gasteiger partial charge in [-0.15, -0.1) is 0 Å². The van der Waals surface area contributed by atoms with E-state index < -0.39 is 0 Å². The van der Waals surface area contributed by atoms with Crippen LogP contribution in [0.15, 0.2) is 64.1 Å². The summed E-state index contributed by atoms with van der Waals surface area (Å²) in [5.41, 5.74) is 4.68. The van der Waals surface area contributed by atoms with Gasteiger partial charge < -0.3 is 9.40 Å². The van der Waals surface area contributed by atoms with Crippen LogP contribution in [0.4, 0.5) is 0 Å². The van der Waals surface area contributed by atoms with Crippen LogP contribution in [0, 0.1) is 0 Å². The molecule has 0 amide bonds. The molecule has 4 aromatic rings. The number of nitrogens with zero attached hydrogens (tertiary/aromatic N) is 4. The SMILES string of the molecule is O=c1[nH]c(C2CC2)nc2c1CN(Cc1cn(-c3ccccc3)nc1-c1ccco1)CC2. The summed E-state index contributed by atoms with van der Waals surface area (Å²) in [5, 5.41) is 4.80. The summed E-state index contributed by atoms with van der Waals surface area (Å²) in [5.74, 6) is 2.08. The van der Waals surface area contributed by atoms with E-state index in [0.29, 0.717) is 19.0 Å². The van der Waals surface area contributed by atoms with Gasteiger partial charge in [0.1, 0.15) is 11.5 Å². The molecule has 1 saturated carbocycles. The average Bonchev–Trinajstić information content (AvgIpc) is 3.34. The second kappa shape index (κ2) is 7.35. The standard InChI is InChI=1S/C24H23N5O2/c30-24-19-15-28(11-10-20(19)25-23(26-24)16-8-9-16)13-17-14-29(18-5-2-1-3-6-18)27-22(17)21-7-4-12-31-21/h1-7,12,14,16H,8-11,13,15H2,(H,25,26,30). The van der Waals surface area contributed by atoms with E-state index in [1.165, 1.54) is 0 Å². The van der Waals surface area contributed by atoms with E-state index in [1.807, 2.05) is 47.1 Å². The highest BCUT2D eigenvalue weighted by Crippen LogP contribution is 2.38. The first kappa shape index (κ1) is 18.3. The van der Waals surface area contributed by atoms with E-state index in [9.17, 15) is 4.79 Å². The highest BCUT2D eigenvalue weighted by Gasteiger charge is 2.29. The molecule has 0 spiro atoms. The Morgan fingerprint density at radius 3 is 2.77 bits per heavy atom. The number of hydrogen-bond acceptors (Lipinski definition) is 5. The first-order chi connectivity index (χ1) is 15.2. The van der Waals surface area contributed by atoms with Crippen molar-refractivity contribution in [1.82, 2.24) is 24.6 Å². The van der Waals surface area contributed by atoms with Gasteiger partial charge in [0.05, 0.1) is 23.2 Å². The number of hydrogen-bond donors (Lipinski definition) is 1. The molecule has 156 valence electrons. The number of nitrogens with one attached hydrogen (secondary N) is 1. The third kappa shape index (κ3) is 3.51. The molecule has 0 atom stereocenters. The third-order valence-corrected chi connectivity index (χ3v) is 6.09. The van der Waals surface area contributed by atoms with E-state index in [4.69, 9.17) is 14.5 Å². The van der Waals surface area contributed by atoms with Crippen LogP contribution >= 0.6 is 0 Å². The van der Waals surface area contributed by atoms with Crippen LogP contribution in [0.3, 0.4) is 0 Å². The fourth-order valence-corrected chi connectivity index (χ4v) is 4.29. The second-order valence-corrected chi connectivity index (χ2v) is 8.37. The zero-order valence-electron chi connectivity index (χ0n) is 17.1. The van der Waals surface area contributed by atoms with Gasteiger partial charge in [0.2, 0.25) is 0 Å². The van der Waals surface area contributed by atoms with Crippen molar-refractivity contribution in [2.45, 2.75) is 38.3 Å². The fourth-order valence-electron chi connectivity index (χ4n) is 4.29. The van der Waals surface area contributed by atoms with Crippen molar-refractivity contribution in [3.8, 4) is 17.1 Å². The number of aromatic nitrogens is 4. The number of aromatic amines is 1. The van der Waals surface area contributed by atoms with E-state index in [0.717, 1.165) is 65.6 Å². The number of rotatable bonds is 5. The monoisotopic (exact) mass is 413 g/mol. The minimum atomic E-state index is 0.0165. The molecule has 1 N–H and O–H groups in total. The van der Waals surface area contributed by atoms with Gasteiger partial charge in [0.25, 0.3) is 5.56 Å². The smallest absolute Gasteiger partial charge is 0.255 e. The Balaban J connectivity index is 1.30. The minimum Gasteiger partial charge on any atom is -0.463 e. The molecule has 0 bridgehead atoms. The van der Waals surface area contributed by atoms with Crippen LogP contribution in [0.2, 0.25) is 0 Å². The first-order valence-corrected chi connectivity index (χ1v) is 10.8. The topological polar surface area (TPSA) is 80.0 Å². The van der Waals surface area contributed by atoms with Gasteiger partial charge in [0.15, 0.2) is 5.76 Å². The first-order valence-electron chi connectivity index (χ1n) is 10.8. The molecular weight excluding hydrogens is 390 g/mol. The molecule has 1 aliphatic carbocycles. The predicted molar refractivity (Wildman–Crippen MR) is 116 cm³/mol. The summed E-state index contributed by atoms with van der Waals surface area (Å²) in [6.45, 7) is 2.14. The number of fused-ring (bicyclic) bond motifs is 1. The molecule has 2 aliphatic rings. The van der Waals surface area contributed by atoms with Crippen molar-refractivity contribution < 1.29 is 4.42 Å². The minimum absolute atomic E-state index is 0.0165. The van der Waals surface area contributed by atoms with Gasteiger partial charge in [-0.25, -0.2) is 9.67 Å².